The number of amides is 3. The van der Waals surface area contributed by atoms with E-state index in [1.165, 1.54) is 0 Å². The number of rotatable bonds is 5. The summed E-state index contributed by atoms with van der Waals surface area (Å²) in [6.45, 7) is 0.164. The Bertz CT molecular complexity index is 1210. The Kier molecular flexibility index (Phi) is 5.76. The van der Waals surface area contributed by atoms with Gasteiger partial charge in [0.1, 0.15) is 11.0 Å². The molecule has 2 heterocycles. The number of carbonyl (C=O) groups is 3. The number of aromatic nitrogens is 3. The molecule has 0 radical (unpaired) electrons. The van der Waals surface area contributed by atoms with E-state index in [0.29, 0.717) is 32.2 Å². The Balaban J connectivity index is 1.38. The summed E-state index contributed by atoms with van der Waals surface area (Å²) < 4.78 is 0. The molecule has 3 amide bonds. The van der Waals surface area contributed by atoms with Crippen molar-refractivity contribution in [2.75, 3.05) is 13.1 Å². The average molecular weight is 462 g/mol. The van der Waals surface area contributed by atoms with Crippen molar-refractivity contribution < 1.29 is 14.4 Å². The maximum atomic E-state index is 12.6. The van der Waals surface area contributed by atoms with Gasteiger partial charge in [-0.1, -0.05) is 29.3 Å². The van der Waals surface area contributed by atoms with Crippen molar-refractivity contribution in [3.8, 4) is 0 Å². The lowest BCUT2D eigenvalue weighted by Gasteiger charge is -2.13. The van der Waals surface area contributed by atoms with Crippen LogP contribution in [0.2, 0.25) is 10.0 Å². The van der Waals surface area contributed by atoms with Crippen molar-refractivity contribution >= 4 is 69.1 Å². The fraction of sp³-hybridized carbons (Fsp3) is 0.105. The second kappa shape index (κ2) is 8.47. The van der Waals surface area contributed by atoms with Gasteiger partial charge in [0.15, 0.2) is 0 Å². The maximum Gasteiger partial charge on any atom is 0.293 e. The van der Waals surface area contributed by atoms with Crippen molar-refractivity contribution in [2.24, 2.45) is 0 Å². The number of hydrogen-bond donors (Lipinski definition) is 2. The van der Waals surface area contributed by atoms with Crippen molar-refractivity contribution in [1.82, 2.24) is 25.6 Å². The quantitative estimate of drug-likeness (QED) is 0.560. The van der Waals surface area contributed by atoms with Crippen LogP contribution in [0.25, 0.3) is 17.1 Å². The molecule has 0 spiro atoms. The molecule has 3 aromatic rings. The van der Waals surface area contributed by atoms with Crippen LogP contribution in [-0.2, 0) is 4.79 Å². The van der Waals surface area contributed by atoms with E-state index in [4.69, 9.17) is 23.2 Å². The van der Waals surface area contributed by atoms with Gasteiger partial charge in [0.05, 0.1) is 4.91 Å². The van der Waals surface area contributed by atoms with Crippen LogP contribution in [0.3, 0.4) is 0 Å². The molecule has 1 aliphatic heterocycles. The van der Waals surface area contributed by atoms with Gasteiger partial charge in [-0.25, -0.2) is 0 Å². The molecule has 2 aromatic carbocycles. The number of H-pyrrole nitrogens is 1. The van der Waals surface area contributed by atoms with E-state index in [-0.39, 0.29) is 23.9 Å². The minimum absolute atomic E-state index is 0.0499. The first-order valence-corrected chi connectivity index (χ1v) is 10.3. The predicted molar refractivity (Wildman–Crippen MR) is 115 cm³/mol. The first kappa shape index (κ1) is 20.4. The second-order valence-corrected chi connectivity index (χ2v) is 8.12. The van der Waals surface area contributed by atoms with Gasteiger partial charge in [0.25, 0.3) is 17.1 Å². The van der Waals surface area contributed by atoms with Gasteiger partial charge in [0, 0.05) is 28.7 Å². The molecule has 11 heteroatoms. The van der Waals surface area contributed by atoms with Gasteiger partial charge >= 0.3 is 0 Å². The number of hydrogen-bond acceptors (Lipinski definition) is 6. The van der Waals surface area contributed by atoms with Crippen LogP contribution in [0, 0.1) is 0 Å². The molecule has 0 aliphatic carbocycles. The first-order chi connectivity index (χ1) is 14.4. The Morgan fingerprint density at radius 2 is 1.93 bits per heavy atom. The normalized spacial score (nSPS) is 15.4. The minimum atomic E-state index is -0.436. The molecule has 152 valence electrons. The van der Waals surface area contributed by atoms with Crippen LogP contribution < -0.4 is 5.32 Å². The Hall–Kier alpha value is -2.88. The number of nitrogens with zero attached hydrogens (tertiary/aromatic N) is 3. The molecule has 4 rings (SSSR count). The molecular weight excluding hydrogens is 449 g/mol. The van der Waals surface area contributed by atoms with E-state index >= 15 is 0 Å². The van der Waals surface area contributed by atoms with Gasteiger partial charge in [-0.05, 0) is 53.7 Å². The zero-order valence-electron chi connectivity index (χ0n) is 15.2. The number of benzene rings is 2. The highest BCUT2D eigenvalue weighted by atomic mass is 35.5. The van der Waals surface area contributed by atoms with Crippen molar-refractivity contribution in [1.29, 1.82) is 0 Å². The Labute approximate surface area is 184 Å². The maximum absolute atomic E-state index is 12.6. The molecule has 2 N–H and O–H groups in total. The summed E-state index contributed by atoms with van der Waals surface area (Å²) >= 11 is 12.8. The second-order valence-electron chi connectivity index (χ2n) is 6.28. The summed E-state index contributed by atoms with van der Waals surface area (Å²) in [5.41, 5.74) is 2.21. The third-order valence-corrected chi connectivity index (χ3v) is 5.79. The molecule has 0 saturated carbocycles. The number of carbonyl (C=O) groups excluding carboxylic acids is 3. The summed E-state index contributed by atoms with van der Waals surface area (Å²) in [5, 5.41) is 13.5. The molecular formula is C19H13Cl2N5O3S. The predicted octanol–water partition coefficient (Wildman–Crippen LogP) is 3.73. The van der Waals surface area contributed by atoms with Gasteiger partial charge in [-0.15, -0.1) is 0 Å². The van der Waals surface area contributed by atoms with Gasteiger partial charge in [-0.3, -0.25) is 19.3 Å². The number of fused-ring (bicyclic) bond motifs is 1. The van der Waals surface area contributed by atoms with E-state index < -0.39 is 11.1 Å². The largest absolute Gasteiger partial charge is 0.350 e. The summed E-state index contributed by atoms with van der Waals surface area (Å²) in [6, 6.07) is 9.79. The third kappa shape index (κ3) is 4.18. The number of aromatic amines is 1. The van der Waals surface area contributed by atoms with Crippen LogP contribution in [0.1, 0.15) is 15.9 Å². The zero-order chi connectivity index (χ0) is 21.3. The van der Waals surface area contributed by atoms with Crippen LogP contribution in [-0.4, -0.2) is 50.5 Å². The molecule has 0 unspecified atom stereocenters. The highest BCUT2D eigenvalue weighted by Crippen LogP contribution is 2.33. The van der Waals surface area contributed by atoms with Crippen LogP contribution >= 0.6 is 35.0 Å². The van der Waals surface area contributed by atoms with Gasteiger partial charge in [0.2, 0.25) is 0 Å². The van der Waals surface area contributed by atoms with Crippen molar-refractivity contribution in [3.63, 3.8) is 0 Å². The molecule has 1 aliphatic rings. The van der Waals surface area contributed by atoms with Crippen molar-refractivity contribution in [2.45, 2.75) is 0 Å². The number of nitrogens with one attached hydrogen (secondary N) is 2. The van der Waals surface area contributed by atoms with E-state index in [1.54, 1.807) is 42.5 Å². The Morgan fingerprint density at radius 3 is 2.73 bits per heavy atom. The fourth-order valence-electron chi connectivity index (χ4n) is 2.82. The molecule has 30 heavy (non-hydrogen) atoms. The summed E-state index contributed by atoms with van der Waals surface area (Å²) in [7, 11) is 0. The number of halogens is 2. The van der Waals surface area contributed by atoms with Crippen LogP contribution in [0.4, 0.5) is 4.79 Å². The van der Waals surface area contributed by atoms with E-state index in [1.807, 2.05) is 0 Å². The molecule has 0 atom stereocenters. The van der Waals surface area contributed by atoms with E-state index in [2.05, 4.69) is 20.7 Å². The number of imide groups is 1. The molecule has 8 nitrogen and oxygen atoms in total. The van der Waals surface area contributed by atoms with Crippen LogP contribution in [0.15, 0.2) is 41.3 Å². The molecule has 1 fully saturated rings. The number of thioether (sulfide) groups is 1. The summed E-state index contributed by atoms with van der Waals surface area (Å²) in [6.07, 6.45) is 1.55. The lowest BCUT2D eigenvalue weighted by molar-refractivity contribution is -0.122. The SMILES string of the molecule is O=C(NCCN1C(=O)S/C(=C\c2ccc(Cl)cc2Cl)C1=O)c1ccc2n[nH]nc2c1. The third-order valence-electron chi connectivity index (χ3n) is 4.32. The fourth-order valence-corrected chi connectivity index (χ4v) is 4.14. The lowest BCUT2D eigenvalue weighted by atomic mass is 10.2. The standard InChI is InChI=1S/C19H13Cl2N5O3S/c20-12-3-1-10(13(21)9-12)8-16-18(28)26(19(29)30-16)6-5-22-17(27)11-2-4-14-15(7-11)24-25-23-14/h1-4,7-9H,5-6H2,(H,22,27)(H,23,24,25)/b16-8-. The monoisotopic (exact) mass is 461 g/mol. The highest BCUT2D eigenvalue weighted by Gasteiger charge is 2.34. The average Bonchev–Trinajstić information content (AvgIpc) is 3.29. The lowest BCUT2D eigenvalue weighted by Crippen LogP contribution is -2.37. The topological polar surface area (TPSA) is 108 Å². The summed E-state index contributed by atoms with van der Waals surface area (Å²) in [5.74, 6) is -0.773. The van der Waals surface area contributed by atoms with Crippen molar-refractivity contribution in [3.05, 3.63) is 62.5 Å². The van der Waals surface area contributed by atoms with E-state index in [9.17, 15) is 14.4 Å². The highest BCUT2D eigenvalue weighted by molar-refractivity contribution is 8.18. The smallest absolute Gasteiger partial charge is 0.293 e. The van der Waals surface area contributed by atoms with Crippen LogP contribution in [0.5, 0.6) is 0 Å². The Morgan fingerprint density at radius 1 is 1.13 bits per heavy atom. The zero-order valence-corrected chi connectivity index (χ0v) is 17.5. The first-order valence-electron chi connectivity index (χ1n) is 8.71. The minimum Gasteiger partial charge on any atom is -0.350 e. The molecule has 1 saturated heterocycles. The molecule has 1 aromatic heterocycles. The van der Waals surface area contributed by atoms with Gasteiger partial charge < -0.3 is 5.32 Å². The van der Waals surface area contributed by atoms with E-state index in [0.717, 1.165) is 16.7 Å². The van der Waals surface area contributed by atoms with Gasteiger partial charge in [-0.2, -0.15) is 15.4 Å². The summed E-state index contributed by atoms with van der Waals surface area (Å²) in [4.78, 5) is 38.5. The molecule has 0 bridgehead atoms.